The van der Waals surface area contributed by atoms with E-state index in [0.717, 1.165) is 30.3 Å². The number of nitrogens with zero attached hydrogens (tertiary/aromatic N) is 1. The molecule has 1 saturated heterocycles. The Morgan fingerprint density at radius 2 is 2.37 bits per heavy atom. The molecule has 1 aliphatic rings. The first-order chi connectivity index (χ1) is 9.11. The van der Waals surface area contributed by atoms with Crippen molar-refractivity contribution in [1.82, 2.24) is 4.90 Å². The third-order valence-electron chi connectivity index (χ3n) is 3.85. The van der Waals surface area contributed by atoms with Crippen LogP contribution in [0.3, 0.4) is 0 Å². The van der Waals surface area contributed by atoms with Gasteiger partial charge in [0, 0.05) is 16.6 Å². The van der Waals surface area contributed by atoms with Crippen LogP contribution in [0.15, 0.2) is 28.7 Å². The number of likely N-dealkylation sites (tertiary alicyclic amines) is 1. The molecule has 0 saturated carbocycles. The predicted molar refractivity (Wildman–Crippen MR) is 79.2 cm³/mol. The summed E-state index contributed by atoms with van der Waals surface area (Å²) in [6, 6.07) is 8.85. The van der Waals surface area contributed by atoms with Crippen molar-refractivity contribution < 1.29 is 9.90 Å². The lowest BCUT2D eigenvalue weighted by Crippen LogP contribution is -2.34. The number of rotatable bonds is 5. The van der Waals surface area contributed by atoms with Crippen LogP contribution in [0, 0.1) is 0 Å². The Kier molecular flexibility index (Phi) is 4.99. The minimum Gasteiger partial charge on any atom is -0.481 e. The molecule has 2 atom stereocenters. The van der Waals surface area contributed by atoms with Gasteiger partial charge in [-0.05, 0) is 43.5 Å². The minimum atomic E-state index is -0.694. The molecule has 2 rings (SSSR count). The Balaban J connectivity index is 2.18. The van der Waals surface area contributed by atoms with E-state index in [1.54, 1.807) is 0 Å². The summed E-state index contributed by atoms with van der Waals surface area (Å²) >= 11 is 3.51. The van der Waals surface area contributed by atoms with E-state index in [0.29, 0.717) is 6.04 Å². The van der Waals surface area contributed by atoms with Crippen molar-refractivity contribution in [2.45, 2.75) is 44.7 Å². The molecule has 1 heterocycles. The monoisotopic (exact) mass is 325 g/mol. The number of carbonyl (C=O) groups is 1. The van der Waals surface area contributed by atoms with Crippen molar-refractivity contribution >= 4 is 21.9 Å². The van der Waals surface area contributed by atoms with Gasteiger partial charge in [0.2, 0.25) is 0 Å². The highest BCUT2D eigenvalue weighted by molar-refractivity contribution is 9.10. The van der Waals surface area contributed by atoms with Crippen molar-refractivity contribution in [2.75, 3.05) is 6.54 Å². The topological polar surface area (TPSA) is 40.5 Å². The van der Waals surface area contributed by atoms with Gasteiger partial charge in [0.25, 0.3) is 0 Å². The Labute approximate surface area is 122 Å². The average molecular weight is 326 g/mol. The van der Waals surface area contributed by atoms with E-state index in [-0.39, 0.29) is 12.5 Å². The van der Waals surface area contributed by atoms with Gasteiger partial charge in [-0.15, -0.1) is 0 Å². The van der Waals surface area contributed by atoms with Crippen LogP contribution in [0.1, 0.15) is 44.2 Å². The molecule has 1 aromatic rings. The van der Waals surface area contributed by atoms with Gasteiger partial charge in [0.1, 0.15) is 0 Å². The number of hydrogen-bond acceptors (Lipinski definition) is 2. The summed E-state index contributed by atoms with van der Waals surface area (Å²) in [5.74, 6) is -0.694. The number of aliphatic carboxylic acids is 1. The Morgan fingerprint density at radius 3 is 3.00 bits per heavy atom. The molecule has 0 spiro atoms. The van der Waals surface area contributed by atoms with Crippen LogP contribution in [0.25, 0.3) is 0 Å². The van der Waals surface area contributed by atoms with Crippen molar-refractivity contribution in [3.8, 4) is 0 Å². The van der Waals surface area contributed by atoms with Crippen molar-refractivity contribution in [1.29, 1.82) is 0 Å². The molecular formula is C15H20BrNO2. The highest BCUT2D eigenvalue weighted by atomic mass is 79.9. The number of benzene rings is 1. The Morgan fingerprint density at radius 1 is 1.58 bits per heavy atom. The highest BCUT2D eigenvalue weighted by Gasteiger charge is 2.31. The SMILES string of the molecule is CCC(c1cccc(Br)c1)N1CCCC1CC(=O)O. The van der Waals surface area contributed by atoms with Crippen LogP contribution >= 0.6 is 15.9 Å². The van der Waals surface area contributed by atoms with Crippen molar-refractivity contribution in [3.63, 3.8) is 0 Å². The van der Waals surface area contributed by atoms with E-state index in [4.69, 9.17) is 5.11 Å². The van der Waals surface area contributed by atoms with E-state index < -0.39 is 5.97 Å². The number of hydrogen-bond donors (Lipinski definition) is 1. The van der Waals surface area contributed by atoms with Crippen LogP contribution in [-0.2, 0) is 4.79 Å². The van der Waals surface area contributed by atoms with Gasteiger partial charge in [0.15, 0.2) is 0 Å². The third-order valence-corrected chi connectivity index (χ3v) is 4.35. The smallest absolute Gasteiger partial charge is 0.304 e. The Hall–Kier alpha value is -0.870. The van der Waals surface area contributed by atoms with Crippen LogP contribution in [0.2, 0.25) is 0 Å². The molecule has 1 aliphatic heterocycles. The molecule has 0 bridgehead atoms. The first-order valence-electron chi connectivity index (χ1n) is 6.84. The molecule has 104 valence electrons. The standard InChI is InChI=1S/C15H20BrNO2/c1-2-14(11-5-3-6-12(16)9-11)17-8-4-7-13(17)10-15(18)19/h3,5-6,9,13-14H,2,4,7-8,10H2,1H3,(H,18,19). The average Bonchev–Trinajstić information content (AvgIpc) is 2.78. The van der Waals surface area contributed by atoms with Gasteiger partial charge in [-0.3, -0.25) is 9.69 Å². The van der Waals surface area contributed by atoms with E-state index in [1.165, 1.54) is 5.56 Å². The van der Waals surface area contributed by atoms with Crippen molar-refractivity contribution in [2.24, 2.45) is 0 Å². The minimum absolute atomic E-state index is 0.182. The molecule has 1 aromatic carbocycles. The van der Waals surface area contributed by atoms with E-state index in [2.05, 4.69) is 39.9 Å². The third kappa shape index (κ3) is 3.57. The predicted octanol–water partition coefficient (Wildman–Crippen LogP) is 3.84. The zero-order valence-electron chi connectivity index (χ0n) is 11.2. The molecule has 4 heteroatoms. The molecular weight excluding hydrogens is 306 g/mol. The van der Waals surface area contributed by atoms with Crippen LogP contribution in [-0.4, -0.2) is 28.6 Å². The van der Waals surface area contributed by atoms with Gasteiger partial charge >= 0.3 is 5.97 Å². The summed E-state index contributed by atoms with van der Waals surface area (Å²) in [5.41, 5.74) is 1.27. The highest BCUT2D eigenvalue weighted by Crippen LogP contribution is 2.33. The maximum atomic E-state index is 11.0. The fourth-order valence-electron chi connectivity index (χ4n) is 3.06. The molecule has 1 fully saturated rings. The molecule has 2 unspecified atom stereocenters. The molecule has 0 amide bonds. The fraction of sp³-hybridized carbons (Fsp3) is 0.533. The van der Waals surface area contributed by atoms with Crippen LogP contribution in [0.5, 0.6) is 0 Å². The number of halogens is 1. The second-order valence-electron chi connectivity index (χ2n) is 5.11. The van der Waals surface area contributed by atoms with Crippen molar-refractivity contribution in [3.05, 3.63) is 34.3 Å². The normalized spacial score (nSPS) is 21.5. The second-order valence-corrected chi connectivity index (χ2v) is 6.03. The van der Waals surface area contributed by atoms with Gasteiger partial charge < -0.3 is 5.11 Å². The quantitative estimate of drug-likeness (QED) is 0.894. The summed E-state index contributed by atoms with van der Waals surface area (Å²) in [6.07, 6.45) is 3.36. The van der Waals surface area contributed by atoms with E-state index >= 15 is 0 Å². The lowest BCUT2D eigenvalue weighted by Gasteiger charge is -2.32. The zero-order valence-corrected chi connectivity index (χ0v) is 12.8. The van der Waals surface area contributed by atoms with Gasteiger partial charge in [0.05, 0.1) is 6.42 Å². The maximum absolute atomic E-state index is 11.0. The molecule has 0 aromatic heterocycles. The van der Waals surface area contributed by atoms with Gasteiger partial charge in [-0.25, -0.2) is 0 Å². The van der Waals surface area contributed by atoms with Crippen LogP contribution in [0.4, 0.5) is 0 Å². The molecule has 3 nitrogen and oxygen atoms in total. The molecule has 0 radical (unpaired) electrons. The van der Waals surface area contributed by atoms with E-state index in [1.807, 2.05) is 12.1 Å². The zero-order chi connectivity index (χ0) is 13.8. The Bertz CT molecular complexity index is 450. The molecule has 1 N–H and O–H groups in total. The second kappa shape index (κ2) is 6.53. The molecule has 0 aliphatic carbocycles. The summed E-state index contributed by atoms with van der Waals surface area (Å²) in [5, 5.41) is 9.03. The summed E-state index contributed by atoms with van der Waals surface area (Å²) in [6.45, 7) is 3.17. The fourth-order valence-corrected chi connectivity index (χ4v) is 3.48. The summed E-state index contributed by atoms with van der Waals surface area (Å²) in [4.78, 5) is 13.3. The maximum Gasteiger partial charge on any atom is 0.304 e. The number of carboxylic acids is 1. The summed E-state index contributed by atoms with van der Waals surface area (Å²) in [7, 11) is 0. The van der Waals surface area contributed by atoms with Crippen LogP contribution < -0.4 is 0 Å². The molecule has 19 heavy (non-hydrogen) atoms. The van der Waals surface area contributed by atoms with Gasteiger partial charge in [-0.1, -0.05) is 35.0 Å². The lowest BCUT2D eigenvalue weighted by atomic mass is 10.0. The lowest BCUT2D eigenvalue weighted by molar-refractivity contribution is -0.138. The summed E-state index contributed by atoms with van der Waals surface area (Å²) < 4.78 is 1.08. The van der Waals surface area contributed by atoms with Gasteiger partial charge in [-0.2, -0.15) is 0 Å². The number of carboxylic acid groups (broad SMARTS) is 1. The van der Waals surface area contributed by atoms with E-state index in [9.17, 15) is 4.79 Å². The largest absolute Gasteiger partial charge is 0.481 e. The first kappa shape index (κ1) is 14.5. The first-order valence-corrected chi connectivity index (χ1v) is 7.64.